The molecule has 4 rings (SSSR count). The predicted octanol–water partition coefficient (Wildman–Crippen LogP) is 3.31. The molecule has 2 aromatic carbocycles. The smallest absolute Gasteiger partial charge is 0.251 e. The number of rotatable bonds is 9. The van der Waals surface area contributed by atoms with Gasteiger partial charge in [0.1, 0.15) is 12.4 Å². The molecule has 34 heavy (non-hydrogen) atoms. The second kappa shape index (κ2) is 11.9. The number of carbonyl (C=O) groups is 1. The third kappa shape index (κ3) is 5.86. The Morgan fingerprint density at radius 2 is 1.97 bits per heavy atom. The van der Waals surface area contributed by atoms with E-state index < -0.39 is 0 Å². The number of methoxy groups -OCH3 is 1. The highest BCUT2D eigenvalue weighted by Gasteiger charge is 2.28. The van der Waals surface area contributed by atoms with Crippen LogP contribution >= 0.6 is 11.9 Å². The van der Waals surface area contributed by atoms with Crippen LogP contribution in [-0.4, -0.2) is 67.6 Å². The highest BCUT2D eigenvalue weighted by atomic mass is 32.2. The number of hydrogen-bond acceptors (Lipinski definition) is 7. The van der Waals surface area contributed by atoms with Gasteiger partial charge < -0.3 is 24.8 Å². The summed E-state index contributed by atoms with van der Waals surface area (Å²) in [7, 11) is 1.71. The molecule has 2 aliphatic rings. The van der Waals surface area contributed by atoms with Crippen LogP contribution in [0.5, 0.6) is 5.75 Å². The van der Waals surface area contributed by atoms with Gasteiger partial charge in [-0.15, -0.1) is 0 Å². The van der Waals surface area contributed by atoms with Crippen molar-refractivity contribution in [2.75, 3.05) is 51.1 Å². The first-order valence-corrected chi connectivity index (χ1v) is 13.1. The molecule has 0 radical (unpaired) electrons. The molecule has 2 aromatic rings. The molecule has 1 atom stereocenters. The summed E-state index contributed by atoms with van der Waals surface area (Å²) in [6.45, 7) is 4.59. The fraction of sp³-hybridized carbons (Fsp3) is 0.500. The SMILES string of the molecule is COCc1ccccc1CN1CCOc2cc(C(=O)NC(CO)C3CCN(SC)CC3)ccc21. The van der Waals surface area contributed by atoms with E-state index in [1.807, 2.05) is 30.3 Å². The molecule has 0 aromatic heterocycles. The van der Waals surface area contributed by atoms with E-state index in [1.165, 1.54) is 11.1 Å². The Hall–Kier alpha value is -2.26. The van der Waals surface area contributed by atoms with E-state index in [9.17, 15) is 9.90 Å². The number of piperidine rings is 1. The maximum atomic E-state index is 13.0. The number of carbonyl (C=O) groups excluding carboxylic acids is 1. The molecule has 1 unspecified atom stereocenters. The van der Waals surface area contributed by atoms with Crippen molar-refractivity contribution >= 4 is 23.5 Å². The Kier molecular flexibility index (Phi) is 8.72. The van der Waals surface area contributed by atoms with E-state index in [0.29, 0.717) is 18.8 Å². The molecule has 7 nitrogen and oxygen atoms in total. The van der Waals surface area contributed by atoms with Crippen molar-refractivity contribution in [1.82, 2.24) is 9.62 Å². The lowest BCUT2D eigenvalue weighted by Gasteiger charge is -2.34. The van der Waals surface area contributed by atoms with E-state index in [4.69, 9.17) is 9.47 Å². The molecular formula is C26H35N3O4S. The van der Waals surface area contributed by atoms with Crippen LogP contribution in [0.4, 0.5) is 5.69 Å². The lowest BCUT2D eigenvalue weighted by atomic mass is 9.90. The summed E-state index contributed by atoms with van der Waals surface area (Å²) in [5, 5.41) is 13.0. The molecule has 1 saturated heterocycles. The molecule has 2 heterocycles. The summed E-state index contributed by atoms with van der Waals surface area (Å²) in [6.07, 6.45) is 4.03. The van der Waals surface area contributed by atoms with Crippen molar-refractivity contribution in [3.63, 3.8) is 0 Å². The second-order valence-electron chi connectivity index (χ2n) is 8.87. The minimum atomic E-state index is -0.234. The molecule has 0 aliphatic carbocycles. The third-order valence-corrected chi connectivity index (χ3v) is 7.68. The number of amides is 1. The first-order chi connectivity index (χ1) is 16.6. The zero-order valence-corrected chi connectivity index (χ0v) is 20.9. The minimum absolute atomic E-state index is 0.0498. The molecular weight excluding hydrogens is 450 g/mol. The van der Waals surface area contributed by atoms with E-state index in [0.717, 1.165) is 50.5 Å². The van der Waals surface area contributed by atoms with E-state index in [2.05, 4.69) is 32.9 Å². The lowest BCUT2D eigenvalue weighted by molar-refractivity contribution is 0.0863. The van der Waals surface area contributed by atoms with Gasteiger partial charge in [-0.3, -0.25) is 9.10 Å². The normalized spacial score (nSPS) is 17.7. The lowest BCUT2D eigenvalue weighted by Crippen LogP contribution is -2.46. The van der Waals surface area contributed by atoms with E-state index in [-0.39, 0.29) is 24.5 Å². The molecule has 8 heteroatoms. The Morgan fingerprint density at radius 1 is 1.21 bits per heavy atom. The van der Waals surface area contributed by atoms with Gasteiger partial charge in [0.15, 0.2) is 0 Å². The van der Waals surface area contributed by atoms with Crippen LogP contribution in [0.2, 0.25) is 0 Å². The predicted molar refractivity (Wildman–Crippen MR) is 136 cm³/mol. The first kappa shape index (κ1) is 24.9. The Balaban J connectivity index is 1.44. The molecule has 1 amide bonds. The molecule has 1 fully saturated rings. The van der Waals surface area contributed by atoms with Crippen LogP contribution in [-0.2, 0) is 17.9 Å². The van der Waals surface area contributed by atoms with Crippen LogP contribution in [0.1, 0.15) is 34.3 Å². The van der Waals surface area contributed by atoms with Crippen molar-refractivity contribution in [3.05, 3.63) is 59.2 Å². The highest BCUT2D eigenvalue weighted by molar-refractivity contribution is 7.96. The third-order valence-electron chi connectivity index (χ3n) is 6.80. The zero-order chi connectivity index (χ0) is 23.9. The van der Waals surface area contributed by atoms with Crippen molar-refractivity contribution in [3.8, 4) is 5.75 Å². The Bertz CT molecular complexity index is 965. The average molecular weight is 486 g/mol. The largest absolute Gasteiger partial charge is 0.490 e. The monoisotopic (exact) mass is 485 g/mol. The number of benzene rings is 2. The molecule has 0 bridgehead atoms. The first-order valence-electron chi connectivity index (χ1n) is 11.9. The number of anilines is 1. The maximum absolute atomic E-state index is 13.0. The van der Waals surface area contributed by atoms with Crippen LogP contribution in [0.25, 0.3) is 0 Å². The summed E-state index contributed by atoms with van der Waals surface area (Å²) in [4.78, 5) is 15.3. The van der Waals surface area contributed by atoms with Gasteiger partial charge in [-0.1, -0.05) is 36.2 Å². The molecule has 184 valence electrons. The molecule has 2 N–H and O–H groups in total. The summed E-state index contributed by atoms with van der Waals surface area (Å²) >= 11 is 1.75. The topological polar surface area (TPSA) is 74.3 Å². The molecule has 0 saturated carbocycles. The van der Waals surface area contributed by atoms with Crippen molar-refractivity contribution < 1.29 is 19.4 Å². The second-order valence-corrected chi connectivity index (χ2v) is 9.75. The summed E-state index contributed by atoms with van der Waals surface area (Å²) in [5.74, 6) is 0.839. The molecule has 0 spiro atoms. The average Bonchev–Trinajstić information content (AvgIpc) is 2.88. The van der Waals surface area contributed by atoms with Crippen molar-refractivity contribution in [2.45, 2.75) is 32.0 Å². The number of nitrogens with one attached hydrogen (secondary N) is 1. The van der Waals surface area contributed by atoms with Crippen molar-refractivity contribution in [2.24, 2.45) is 5.92 Å². The number of nitrogens with zero attached hydrogens (tertiary/aromatic N) is 2. The van der Waals surface area contributed by atoms with Gasteiger partial charge in [-0.05, 0) is 54.3 Å². The summed E-state index contributed by atoms with van der Waals surface area (Å²) in [6, 6.07) is 13.7. The van der Waals surface area contributed by atoms with Gasteiger partial charge in [0.2, 0.25) is 0 Å². The van der Waals surface area contributed by atoms with E-state index in [1.54, 1.807) is 19.1 Å². The summed E-state index contributed by atoms with van der Waals surface area (Å²) < 4.78 is 13.6. The van der Waals surface area contributed by atoms with Gasteiger partial charge in [0, 0.05) is 32.3 Å². The summed E-state index contributed by atoms with van der Waals surface area (Å²) in [5.41, 5.74) is 3.93. The van der Waals surface area contributed by atoms with Crippen LogP contribution < -0.4 is 15.0 Å². The fourth-order valence-electron chi connectivity index (χ4n) is 4.82. The van der Waals surface area contributed by atoms with Gasteiger partial charge in [-0.25, -0.2) is 0 Å². The van der Waals surface area contributed by atoms with Crippen LogP contribution in [0.15, 0.2) is 42.5 Å². The Labute approximate surface area is 206 Å². The molecule has 2 aliphatic heterocycles. The minimum Gasteiger partial charge on any atom is -0.490 e. The van der Waals surface area contributed by atoms with Gasteiger partial charge in [-0.2, -0.15) is 0 Å². The fourth-order valence-corrected chi connectivity index (χ4v) is 5.40. The van der Waals surface area contributed by atoms with E-state index >= 15 is 0 Å². The van der Waals surface area contributed by atoms with Crippen LogP contribution in [0.3, 0.4) is 0 Å². The number of hydrogen-bond donors (Lipinski definition) is 2. The van der Waals surface area contributed by atoms with Gasteiger partial charge in [0.25, 0.3) is 5.91 Å². The number of ether oxygens (including phenoxy) is 2. The maximum Gasteiger partial charge on any atom is 0.251 e. The van der Waals surface area contributed by atoms with Gasteiger partial charge >= 0.3 is 0 Å². The Morgan fingerprint density at radius 3 is 2.68 bits per heavy atom. The number of fused-ring (bicyclic) bond motifs is 1. The number of aliphatic hydroxyl groups is 1. The standard InChI is InChI=1S/C26H35N3O4S/c1-32-18-22-6-4-3-5-21(22)16-28-13-14-33-25-15-20(7-8-24(25)28)26(31)27-23(17-30)19-9-11-29(34-2)12-10-19/h3-8,15,19,23,30H,9-14,16-18H2,1-2H3,(H,27,31). The van der Waals surface area contributed by atoms with Gasteiger partial charge in [0.05, 0.1) is 31.5 Å². The number of aliphatic hydroxyl groups excluding tert-OH is 1. The zero-order valence-electron chi connectivity index (χ0n) is 20.0. The van der Waals surface area contributed by atoms with Crippen molar-refractivity contribution in [1.29, 1.82) is 0 Å². The highest BCUT2D eigenvalue weighted by Crippen LogP contribution is 2.34. The van der Waals surface area contributed by atoms with Crippen LogP contribution in [0, 0.1) is 5.92 Å². The quantitative estimate of drug-likeness (QED) is 0.528.